The highest BCUT2D eigenvalue weighted by atomic mass is 35.5. The van der Waals surface area contributed by atoms with E-state index in [4.69, 9.17) is 22.4 Å². The van der Waals surface area contributed by atoms with Crippen LogP contribution in [0.1, 0.15) is 17.9 Å². The summed E-state index contributed by atoms with van der Waals surface area (Å²) in [6.07, 6.45) is 0.00924. The quantitative estimate of drug-likeness (QED) is 0.807. The maximum Gasteiger partial charge on any atom is 0.304 e. The largest absolute Gasteiger partial charge is 0.481 e. The number of nitrogens with two attached hydrogens (primary N) is 1. The van der Waals surface area contributed by atoms with Gasteiger partial charge in [-0.15, -0.1) is 12.4 Å². The van der Waals surface area contributed by atoms with Crippen molar-refractivity contribution in [3.63, 3.8) is 0 Å². The molecule has 0 aliphatic rings. The van der Waals surface area contributed by atoms with E-state index < -0.39 is 5.97 Å². The van der Waals surface area contributed by atoms with Crippen molar-refractivity contribution in [2.75, 3.05) is 25.5 Å². The van der Waals surface area contributed by atoms with Crippen molar-refractivity contribution >= 4 is 35.7 Å². The number of halogens is 2. The highest BCUT2D eigenvalue weighted by Crippen LogP contribution is 2.33. The lowest BCUT2D eigenvalue weighted by Crippen LogP contribution is -2.16. The third kappa shape index (κ3) is 4.87. The zero-order valence-electron chi connectivity index (χ0n) is 13.7. The summed E-state index contributed by atoms with van der Waals surface area (Å²) in [5.41, 5.74) is 9.59. The van der Waals surface area contributed by atoms with Crippen LogP contribution in [-0.4, -0.2) is 31.7 Å². The molecule has 0 saturated carbocycles. The van der Waals surface area contributed by atoms with Gasteiger partial charge in [-0.1, -0.05) is 29.8 Å². The van der Waals surface area contributed by atoms with Crippen LogP contribution in [0.2, 0.25) is 5.02 Å². The summed E-state index contributed by atoms with van der Waals surface area (Å²) in [6.45, 7) is 0.283. The molecule has 0 amide bonds. The molecule has 0 unspecified atom stereocenters. The lowest BCUT2D eigenvalue weighted by Gasteiger charge is -2.17. The Balaban J connectivity index is 0.00000288. The van der Waals surface area contributed by atoms with Gasteiger partial charge in [0.2, 0.25) is 0 Å². The molecule has 0 bridgehead atoms. The molecule has 1 atom stereocenters. The van der Waals surface area contributed by atoms with Gasteiger partial charge in [0.1, 0.15) is 0 Å². The van der Waals surface area contributed by atoms with Gasteiger partial charge >= 0.3 is 5.97 Å². The number of rotatable bonds is 6. The number of benzene rings is 2. The third-order valence-corrected chi connectivity index (χ3v) is 4.17. The Morgan fingerprint density at radius 3 is 2.54 bits per heavy atom. The maximum atomic E-state index is 11.0. The predicted octanol–water partition coefficient (Wildman–Crippen LogP) is 4.01. The van der Waals surface area contributed by atoms with Crippen molar-refractivity contribution in [3.05, 3.63) is 53.1 Å². The molecule has 0 saturated heterocycles. The normalized spacial score (nSPS) is 11.5. The van der Waals surface area contributed by atoms with E-state index in [1.807, 2.05) is 49.3 Å². The first-order chi connectivity index (χ1) is 10.9. The number of anilines is 1. The molecule has 4 nitrogen and oxygen atoms in total. The average Bonchev–Trinajstić information content (AvgIpc) is 2.53. The minimum Gasteiger partial charge on any atom is -0.481 e. The van der Waals surface area contributed by atoms with Gasteiger partial charge in [0.05, 0.1) is 6.42 Å². The van der Waals surface area contributed by atoms with Gasteiger partial charge < -0.3 is 15.7 Å². The summed E-state index contributed by atoms with van der Waals surface area (Å²) in [5, 5.41) is 9.66. The molecule has 0 aromatic heterocycles. The second-order valence-corrected chi connectivity index (χ2v) is 6.12. The number of nitrogens with zero attached hydrogens (tertiary/aromatic N) is 1. The molecule has 0 aliphatic carbocycles. The fraction of sp³-hybridized carbons (Fsp3) is 0.278. The number of hydrogen-bond acceptors (Lipinski definition) is 3. The van der Waals surface area contributed by atoms with Gasteiger partial charge in [0.25, 0.3) is 0 Å². The van der Waals surface area contributed by atoms with Gasteiger partial charge in [0, 0.05) is 36.3 Å². The van der Waals surface area contributed by atoms with Crippen LogP contribution in [0.3, 0.4) is 0 Å². The minimum atomic E-state index is -0.855. The molecule has 2 aromatic rings. The molecule has 3 N–H and O–H groups in total. The van der Waals surface area contributed by atoms with Crippen LogP contribution in [-0.2, 0) is 4.79 Å². The van der Waals surface area contributed by atoms with Crippen LogP contribution in [0.15, 0.2) is 42.5 Å². The maximum absolute atomic E-state index is 11.0. The molecule has 130 valence electrons. The summed E-state index contributed by atoms with van der Waals surface area (Å²) >= 11 is 6.36. The van der Waals surface area contributed by atoms with Crippen molar-refractivity contribution in [2.45, 2.75) is 12.3 Å². The number of aliphatic carboxylic acids is 1. The van der Waals surface area contributed by atoms with Crippen molar-refractivity contribution in [2.24, 2.45) is 5.73 Å². The molecule has 0 radical (unpaired) electrons. The van der Waals surface area contributed by atoms with Gasteiger partial charge in [-0.2, -0.15) is 0 Å². The molecule has 6 heteroatoms. The molecule has 2 rings (SSSR count). The zero-order valence-corrected chi connectivity index (χ0v) is 15.3. The summed E-state index contributed by atoms with van der Waals surface area (Å²) in [7, 11) is 3.96. The Labute approximate surface area is 153 Å². The van der Waals surface area contributed by atoms with Crippen molar-refractivity contribution in [3.8, 4) is 11.1 Å². The number of carboxylic acids is 1. The van der Waals surface area contributed by atoms with E-state index in [1.54, 1.807) is 6.07 Å². The minimum absolute atomic E-state index is 0. The van der Waals surface area contributed by atoms with Gasteiger partial charge in [-0.05, 0) is 41.9 Å². The molecule has 0 spiro atoms. The van der Waals surface area contributed by atoms with Crippen LogP contribution in [0, 0.1) is 0 Å². The Hall–Kier alpha value is -1.75. The third-order valence-electron chi connectivity index (χ3n) is 3.84. The summed E-state index contributed by atoms with van der Waals surface area (Å²) < 4.78 is 0. The number of carbonyl (C=O) groups is 1. The van der Waals surface area contributed by atoms with Crippen molar-refractivity contribution in [1.82, 2.24) is 0 Å². The van der Waals surface area contributed by atoms with E-state index in [2.05, 4.69) is 6.07 Å². The first-order valence-corrected chi connectivity index (χ1v) is 7.79. The molecule has 0 heterocycles. The standard InChI is InChI=1S/C18H21ClN2O2.ClH/c1-21(2)15-5-3-4-13(8-15)16-9-12(6-7-17(16)19)14(11-20)10-18(22)23;/h3-9,14H,10-11,20H2,1-2H3,(H,22,23);1H/t14-;/m0./s1. The first-order valence-electron chi connectivity index (χ1n) is 7.41. The fourth-order valence-electron chi connectivity index (χ4n) is 2.52. The number of carboxylic acid groups (broad SMARTS) is 1. The average molecular weight is 369 g/mol. The van der Waals surface area contributed by atoms with Crippen LogP contribution in [0.5, 0.6) is 0 Å². The van der Waals surface area contributed by atoms with E-state index in [0.717, 1.165) is 22.4 Å². The van der Waals surface area contributed by atoms with Gasteiger partial charge in [0.15, 0.2) is 0 Å². The molecule has 0 fully saturated rings. The molecular formula is C18H22Cl2N2O2. The highest BCUT2D eigenvalue weighted by molar-refractivity contribution is 6.33. The van der Waals surface area contributed by atoms with E-state index in [0.29, 0.717) is 5.02 Å². The second-order valence-electron chi connectivity index (χ2n) is 5.71. The zero-order chi connectivity index (χ0) is 17.0. The second kappa shape index (κ2) is 8.92. The smallest absolute Gasteiger partial charge is 0.304 e. The molecule has 0 aliphatic heterocycles. The predicted molar refractivity (Wildman–Crippen MR) is 103 cm³/mol. The SMILES string of the molecule is CN(C)c1cccc(-c2cc([C@H](CN)CC(=O)O)ccc2Cl)c1.Cl. The van der Waals surface area contributed by atoms with Crippen LogP contribution >= 0.6 is 24.0 Å². The van der Waals surface area contributed by atoms with E-state index in [9.17, 15) is 4.79 Å². The Morgan fingerprint density at radius 2 is 1.96 bits per heavy atom. The summed E-state index contributed by atoms with van der Waals surface area (Å²) in [4.78, 5) is 13.0. The van der Waals surface area contributed by atoms with E-state index in [-0.39, 0.29) is 31.3 Å². The van der Waals surface area contributed by atoms with Gasteiger partial charge in [-0.25, -0.2) is 0 Å². The van der Waals surface area contributed by atoms with E-state index in [1.165, 1.54) is 0 Å². The van der Waals surface area contributed by atoms with Crippen LogP contribution in [0.25, 0.3) is 11.1 Å². The Morgan fingerprint density at radius 1 is 1.25 bits per heavy atom. The molecular weight excluding hydrogens is 347 g/mol. The number of hydrogen-bond donors (Lipinski definition) is 2. The summed E-state index contributed by atoms with van der Waals surface area (Å²) in [5.74, 6) is -1.08. The summed E-state index contributed by atoms with van der Waals surface area (Å²) in [6, 6.07) is 13.6. The fourth-order valence-corrected chi connectivity index (χ4v) is 2.74. The highest BCUT2D eigenvalue weighted by Gasteiger charge is 2.16. The lowest BCUT2D eigenvalue weighted by atomic mass is 9.92. The topological polar surface area (TPSA) is 66.6 Å². The lowest BCUT2D eigenvalue weighted by molar-refractivity contribution is -0.137. The van der Waals surface area contributed by atoms with Crippen molar-refractivity contribution in [1.29, 1.82) is 0 Å². The first kappa shape index (κ1) is 20.3. The van der Waals surface area contributed by atoms with Crippen LogP contribution < -0.4 is 10.6 Å². The van der Waals surface area contributed by atoms with Gasteiger partial charge in [-0.3, -0.25) is 4.79 Å². The van der Waals surface area contributed by atoms with Crippen molar-refractivity contribution < 1.29 is 9.90 Å². The molecule has 2 aromatic carbocycles. The molecule has 24 heavy (non-hydrogen) atoms. The van der Waals surface area contributed by atoms with E-state index >= 15 is 0 Å². The van der Waals surface area contributed by atoms with Crippen LogP contribution in [0.4, 0.5) is 5.69 Å². The Bertz CT molecular complexity index is 705. The monoisotopic (exact) mass is 368 g/mol. The Kier molecular flexibility index (Phi) is 7.55.